The minimum Gasteiger partial charge on any atom is -0.339 e. The summed E-state index contributed by atoms with van der Waals surface area (Å²) in [6.45, 7) is 11.3. The third-order valence-electron chi connectivity index (χ3n) is 3.02. The highest BCUT2D eigenvalue weighted by Crippen LogP contribution is 2.26. The standard InChI is InChI=1S/C12H23NO/c1-9-6-7-10(2)13(8-9)11(14)12(3,4)5/h9-10H,6-8H2,1-5H3. The predicted octanol–water partition coefficient (Wildman–Crippen LogP) is 2.68. The van der Waals surface area contributed by atoms with Crippen molar-refractivity contribution >= 4 is 5.91 Å². The maximum absolute atomic E-state index is 12.1. The van der Waals surface area contributed by atoms with Crippen LogP contribution in [0.15, 0.2) is 0 Å². The van der Waals surface area contributed by atoms with E-state index in [1.165, 1.54) is 6.42 Å². The summed E-state index contributed by atoms with van der Waals surface area (Å²) in [5.41, 5.74) is -0.231. The van der Waals surface area contributed by atoms with Gasteiger partial charge in [-0.25, -0.2) is 0 Å². The Kier molecular flexibility index (Phi) is 3.23. The maximum Gasteiger partial charge on any atom is 0.228 e. The fourth-order valence-corrected chi connectivity index (χ4v) is 2.00. The van der Waals surface area contributed by atoms with E-state index in [0.29, 0.717) is 17.9 Å². The molecule has 0 saturated carbocycles. The number of amides is 1. The second-order valence-electron chi connectivity index (χ2n) is 5.74. The molecule has 0 aromatic carbocycles. The van der Waals surface area contributed by atoms with Crippen LogP contribution in [0, 0.1) is 11.3 Å². The molecule has 0 bridgehead atoms. The Bertz CT molecular complexity index is 217. The summed E-state index contributed by atoms with van der Waals surface area (Å²) >= 11 is 0. The summed E-state index contributed by atoms with van der Waals surface area (Å²) in [6, 6.07) is 0.429. The van der Waals surface area contributed by atoms with Crippen LogP contribution in [0.2, 0.25) is 0 Å². The number of likely N-dealkylation sites (tertiary alicyclic amines) is 1. The zero-order valence-electron chi connectivity index (χ0n) is 10.1. The maximum atomic E-state index is 12.1. The van der Waals surface area contributed by atoms with Crippen molar-refractivity contribution in [1.29, 1.82) is 0 Å². The largest absolute Gasteiger partial charge is 0.339 e. The molecule has 2 unspecified atom stereocenters. The Morgan fingerprint density at radius 3 is 2.29 bits per heavy atom. The SMILES string of the molecule is CC1CCC(C)N(C(=O)C(C)(C)C)C1. The number of hydrogen-bond acceptors (Lipinski definition) is 1. The molecule has 1 amide bonds. The van der Waals surface area contributed by atoms with Crippen LogP contribution in [0.1, 0.15) is 47.5 Å². The molecule has 82 valence electrons. The highest BCUT2D eigenvalue weighted by Gasteiger charge is 2.33. The number of piperidine rings is 1. The number of nitrogens with zero attached hydrogens (tertiary/aromatic N) is 1. The van der Waals surface area contributed by atoms with Crippen molar-refractivity contribution in [2.75, 3.05) is 6.54 Å². The van der Waals surface area contributed by atoms with Gasteiger partial charge in [-0.15, -0.1) is 0 Å². The van der Waals surface area contributed by atoms with E-state index in [1.54, 1.807) is 0 Å². The molecule has 14 heavy (non-hydrogen) atoms. The van der Waals surface area contributed by atoms with Gasteiger partial charge in [0.25, 0.3) is 0 Å². The van der Waals surface area contributed by atoms with E-state index in [-0.39, 0.29) is 5.41 Å². The summed E-state index contributed by atoms with van der Waals surface area (Å²) in [5.74, 6) is 0.967. The molecule has 2 atom stereocenters. The van der Waals surface area contributed by atoms with Crippen LogP contribution in [0.3, 0.4) is 0 Å². The van der Waals surface area contributed by atoms with Crippen molar-refractivity contribution in [3.63, 3.8) is 0 Å². The second-order valence-corrected chi connectivity index (χ2v) is 5.74. The lowest BCUT2D eigenvalue weighted by molar-refractivity contribution is -0.143. The van der Waals surface area contributed by atoms with Gasteiger partial charge in [0.2, 0.25) is 5.91 Å². The molecular weight excluding hydrogens is 174 g/mol. The molecular formula is C12H23NO. The predicted molar refractivity (Wildman–Crippen MR) is 59.0 cm³/mol. The molecule has 0 aromatic heterocycles. The van der Waals surface area contributed by atoms with Crippen molar-refractivity contribution < 1.29 is 4.79 Å². The van der Waals surface area contributed by atoms with Crippen LogP contribution < -0.4 is 0 Å². The highest BCUT2D eigenvalue weighted by molar-refractivity contribution is 5.81. The smallest absolute Gasteiger partial charge is 0.228 e. The fraction of sp³-hybridized carbons (Fsp3) is 0.917. The zero-order chi connectivity index (χ0) is 10.9. The minimum absolute atomic E-state index is 0.231. The Labute approximate surface area is 87.7 Å². The molecule has 1 heterocycles. The monoisotopic (exact) mass is 197 g/mol. The Morgan fingerprint density at radius 1 is 1.21 bits per heavy atom. The Morgan fingerprint density at radius 2 is 1.79 bits per heavy atom. The molecule has 0 N–H and O–H groups in total. The van der Waals surface area contributed by atoms with Gasteiger partial charge in [-0.05, 0) is 25.7 Å². The Hall–Kier alpha value is -0.530. The third-order valence-corrected chi connectivity index (χ3v) is 3.02. The fourth-order valence-electron chi connectivity index (χ4n) is 2.00. The first-order valence-electron chi connectivity index (χ1n) is 5.63. The van der Waals surface area contributed by atoms with Gasteiger partial charge in [0, 0.05) is 18.0 Å². The summed E-state index contributed by atoms with van der Waals surface area (Å²) in [7, 11) is 0. The first-order valence-corrected chi connectivity index (χ1v) is 5.63. The van der Waals surface area contributed by atoms with E-state index in [1.807, 2.05) is 20.8 Å². The van der Waals surface area contributed by atoms with Gasteiger partial charge < -0.3 is 4.90 Å². The highest BCUT2D eigenvalue weighted by atomic mass is 16.2. The average Bonchev–Trinajstić information content (AvgIpc) is 2.06. The van der Waals surface area contributed by atoms with Gasteiger partial charge in [0.15, 0.2) is 0 Å². The molecule has 0 aromatic rings. The van der Waals surface area contributed by atoms with Gasteiger partial charge in [-0.3, -0.25) is 4.79 Å². The van der Waals surface area contributed by atoms with Crippen molar-refractivity contribution in [2.24, 2.45) is 11.3 Å². The number of hydrogen-bond donors (Lipinski definition) is 0. The first kappa shape index (κ1) is 11.5. The van der Waals surface area contributed by atoms with E-state index in [2.05, 4.69) is 18.7 Å². The lowest BCUT2D eigenvalue weighted by atomic mass is 9.89. The van der Waals surface area contributed by atoms with Crippen LogP contribution in [0.5, 0.6) is 0 Å². The lowest BCUT2D eigenvalue weighted by Crippen LogP contribution is -2.49. The number of carbonyl (C=O) groups excluding carboxylic acids is 1. The molecule has 1 aliphatic rings. The van der Waals surface area contributed by atoms with Crippen LogP contribution in [0.25, 0.3) is 0 Å². The molecule has 0 spiro atoms. The van der Waals surface area contributed by atoms with E-state index < -0.39 is 0 Å². The molecule has 1 saturated heterocycles. The summed E-state index contributed by atoms with van der Waals surface area (Å²) in [4.78, 5) is 14.2. The molecule has 2 heteroatoms. The summed E-state index contributed by atoms with van der Waals surface area (Å²) in [6.07, 6.45) is 2.41. The van der Waals surface area contributed by atoms with Crippen molar-refractivity contribution in [3.8, 4) is 0 Å². The van der Waals surface area contributed by atoms with Gasteiger partial charge >= 0.3 is 0 Å². The van der Waals surface area contributed by atoms with Gasteiger partial charge in [-0.2, -0.15) is 0 Å². The molecule has 1 fully saturated rings. The molecule has 0 aliphatic carbocycles. The molecule has 1 rings (SSSR count). The quantitative estimate of drug-likeness (QED) is 0.584. The topological polar surface area (TPSA) is 20.3 Å². The number of rotatable bonds is 0. The zero-order valence-corrected chi connectivity index (χ0v) is 10.1. The van der Waals surface area contributed by atoms with Crippen LogP contribution in [-0.4, -0.2) is 23.4 Å². The van der Waals surface area contributed by atoms with Crippen molar-refractivity contribution in [2.45, 2.75) is 53.5 Å². The van der Waals surface area contributed by atoms with E-state index in [0.717, 1.165) is 13.0 Å². The lowest BCUT2D eigenvalue weighted by Gasteiger charge is -2.40. The van der Waals surface area contributed by atoms with Gasteiger partial charge in [-0.1, -0.05) is 27.7 Å². The molecule has 1 aliphatic heterocycles. The van der Waals surface area contributed by atoms with Crippen LogP contribution in [0.4, 0.5) is 0 Å². The normalized spacial score (nSPS) is 29.1. The average molecular weight is 197 g/mol. The number of carbonyl (C=O) groups is 1. The van der Waals surface area contributed by atoms with E-state index in [4.69, 9.17) is 0 Å². The molecule has 2 nitrogen and oxygen atoms in total. The van der Waals surface area contributed by atoms with Crippen molar-refractivity contribution in [1.82, 2.24) is 4.90 Å². The first-order chi connectivity index (χ1) is 6.32. The second kappa shape index (κ2) is 3.92. The van der Waals surface area contributed by atoms with E-state index >= 15 is 0 Å². The summed E-state index contributed by atoms with van der Waals surface area (Å²) in [5, 5.41) is 0. The van der Waals surface area contributed by atoms with Gasteiger partial charge in [0.1, 0.15) is 0 Å². The van der Waals surface area contributed by atoms with Crippen LogP contribution >= 0.6 is 0 Å². The molecule has 0 radical (unpaired) electrons. The van der Waals surface area contributed by atoms with E-state index in [9.17, 15) is 4.79 Å². The van der Waals surface area contributed by atoms with Crippen LogP contribution in [-0.2, 0) is 4.79 Å². The minimum atomic E-state index is -0.231. The van der Waals surface area contributed by atoms with Crippen molar-refractivity contribution in [3.05, 3.63) is 0 Å². The summed E-state index contributed by atoms with van der Waals surface area (Å²) < 4.78 is 0. The van der Waals surface area contributed by atoms with Gasteiger partial charge in [0.05, 0.1) is 0 Å². The third kappa shape index (κ3) is 2.49. The Balaban J connectivity index is 2.70.